The standard InChI is InChI=1S/C14H21ClN2O/c1-2-7-13-12(10-18)14(15)17(16-13)11-8-5-3-4-6-9-11/h10-11H,2-9H2,1H3. The molecule has 1 aliphatic carbocycles. The van der Waals surface area contributed by atoms with E-state index in [-0.39, 0.29) is 0 Å². The normalized spacial score (nSPS) is 17.7. The number of halogens is 1. The molecule has 0 aromatic carbocycles. The summed E-state index contributed by atoms with van der Waals surface area (Å²) >= 11 is 6.32. The van der Waals surface area contributed by atoms with Gasteiger partial charge in [0.05, 0.1) is 17.3 Å². The van der Waals surface area contributed by atoms with E-state index in [4.69, 9.17) is 11.6 Å². The Bertz CT molecular complexity index is 406. The van der Waals surface area contributed by atoms with Crippen molar-refractivity contribution >= 4 is 17.9 Å². The first-order valence-electron chi connectivity index (χ1n) is 7.00. The summed E-state index contributed by atoms with van der Waals surface area (Å²) in [6.45, 7) is 2.09. The molecule has 1 heterocycles. The fourth-order valence-electron chi connectivity index (χ4n) is 2.75. The van der Waals surface area contributed by atoms with Gasteiger partial charge in [0.25, 0.3) is 0 Å². The first kappa shape index (κ1) is 13.6. The van der Waals surface area contributed by atoms with E-state index < -0.39 is 0 Å². The SMILES string of the molecule is CCCc1nn(C2CCCCCC2)c(Cl)c1C=O. The van der Waals surface area contributed by atoms with Crippen LogP contribution in [-0.2, 0) is 6.42 Å². The maximum Gasteiger partial charge on any atom is 0.155 e. The number of aldehydes is 1. The topological polar surface area (TPSA) is 34.9 Å². The average Bonchev–Trinajstić information content (AvgIpc) is 2.58. The van der Waals surface area contributed by atoms with Gasteiger partial charge in [-0.2, -0.15) is 5.10 Å². The van der Waals surface area contributed by atoms with Crippen molar-refractivity contribution in [1.82, 2.24) is 9.78 Å². The molecule has 0 bridgehead atoms. The van der Waals surface area contributed by atoms with Gasteiger partial charge >= 0.3 is 0 Å². The van der Waals surface area contributed by atoms with E-state index in [9.17, 15) is 4.79 Å². The van der Waals surface area contributed by atoms with Gasteiger partial charge in [-0.15, -0.1) is 0 Å². The third-order valence-corrected chi connectivity index (χ3v) is 4.11. The van der Waals surface area contributed by atoms with Crippen LogP contribution in [0.15, 0.2) is 0 Å². The molecule has 0 N–H and O–H groups in total. The molecule has 18 heavy (non-hydrogen) atoms. The molecule has 4 heteroatoms. The van der Waals surface area contributed by atoms with Crippen LogP contribution >= 0.6 is 11.6 Å². The van der Waals surface area contributed by atoms with Gasteiger partial charge in [0.2, 0.25) is 0 Å². The Morgan fingerprint density at radius 2 is 2.00 bits per heavy atom. The summed E-state index contributed by atoms with van der Waals surface area (Å²) in [7, 11) is 0. The third kappa shape index (κ3) is 2.77. The molecule has 1 fully saturated rings. The van der Waals surface area contributed by atoms with E-state index in [1.165, 1.54) is 25.7 Å². The number of carbonyl (C=O) groups excluding carboxylic acids is 1. The van der Waals surface area contributed by atoms with Gasteiger partial charge in [-0.25, -0.2) is 4.68 Å². The number of aryl methyl sites for hydroxylation is 1. The Morgan fingerprint density at radius 3 is 2.56 bits per heavy atom. The molecular weight excluding hydrogens is 248 g/mol. The highest BCUT2D eigenvalue weighted by molar-refractivity contribution is 6.32. The number of hydrogen-bond donors (Lipinski definition) is 0. The van der Waals surface area contributed by atoms with Crippen LogP contribution in [0.4, 0.5) is 0 Å². The Kier molecular flexibility index (Phi) is 4.81. The van der Waals surface area contributed by atoms with E-state index in [1.54, 1.807) is 0 Å². The maximum atomic E-state index is 11.1. The number of hydrogen-bond acceptors (Lipinski definition) is 2. The zero-order chi connectivity index (χ0) is 13.0. The predicted octanol–water partition coefficient (Wildman–Crippen LogP) is 4.20. The van der Waals surface area contributed by atoms with Gasteiger partial charge in [-0.3, -0.25) is 4.79 Å². The molecule has 0 amide bonds. The first-order valence-corrected chi connectivity index (χ1v) is 7.37. The molecule has 0 aliphatic heterocycles. The Balaban J connectivity index is 2.28. The van der Waals surface area contributed by atoms with Crippen LogP contribution in [0.5, 0.6) is 0 Å². The molecular formula is C14H21ClN2O. The molecule has 0 saturated heterocycles. The fraction of sp³-hybridized carbons (Fsp3) is 0.714. The maximum absolute atomic E-state index is 11.1. The molecule has 3 nitrogen and oxygen atoms in total. The van der Waals surface area contributed by atoms with Crippen molar-refractivity contribution in [3.05, 3.63) is 16.4 Å². The molecule has 100 valence electrons. The largest absolute Gasteiger partial charge is 0.298 e. The second kappa shape index (κ2) is 6.37. The van der Waals surface area contributed by atoms with E-state index >= 15 is 0 Å². The predicted molar refractivity (Wildman–Crippen MR) is 73.4 cm³/mol. The lowest BCUT2D eigenvalue weighted by Gasteiger charge is -2.15. The zero-order valence-electron chi connectivity index (χ0n) is 11.0. The Morgan fingerprint density at radius 1 is 1.33 bits per heavy atom. The Hall–Kier alpha value is -0.830. The van der Waals surface area contributed by atoms with E-state index in [2.05, 4.69) is 12.0 Å². The van der Waals surface area contributed by atoms with Crippen molar-refractivity contribution in [2.24, 2.45) is 0 Å². The van der Waals surface area contributed by atoms with Gasteiger partial charge in [-0.05, 0) is 19.3 Å². The summed E-state index contributed by atoms with van der Waals surface area (Å²) < 4.78 is 1.90. The lowest BCUT2D eigenvalue weighted by Crippen LogP contribution is -2.10. The molecule has 0 atom stereocenters. The van der Waals surface area contributed by atoms with Crippen molar-refractivity contribution in [2.45, 2.75) is 64.3 Å². The van der Waals surface area contributed by atoms with Crippen LogP contribution in [0, 0.1) is 0 Å². The summed E-state index contributed by atoms with van der Waals surface area (Å²) in [5.74, 6) is 0. The van der Waals surface area contributed by atoms with Crippen LogP contribution in [-0.4, -0.2) is 16.1 Å². The second-order valence-corrected chi connectivity index (χ2v) is 5.47. The smallest absolute Gasteiger partial charge is 0.155 e. The summed E-state index contributed by atoms with van der Waals surface area (Å²) in [6, 6.07) is 0.379. The van der Waals surface area contributed by atoms with E-state index in [0.29, 0.717) is 16.8 Å². The summed E-state index contributed by atoms with van der Waals surface area (Å²) in [5, 5.41) is 5.13. The monoisotopic (exact) mass is 268 g/mol. The molecule has 1 aromatic heterocycles. The zero-order valence-corrected chi connectivity index (χ0v) is 11.7. The molecule has 0 unspecified atom stereocenters. The molecule has 1 aromatic rings. The fourth-order valence-corrected chi connectivity index (χ4v) is 3.08. The van der Waals surface area contributed by atoms with Crippen molar-refractivity contribution < 1.29 is 4.79 Å². The number of carbonyl (C=O) groups is 1. The Labute approximate surface area is 114 Å². The second-order valence-electron chi connectivity index (χ2n) is 5.11. The molecule has 2 rings (SSSR count). The summed E-state index contributed by atoms with van der Waals surface area (Å²) in [4.78, 5) is 11.1. The van der Waals surface area contributed by atoms with Crippen LogP contribution in [0.1, 0.15) is 74.0 Å². The first-order chi connectivity index (χ1) is 8.77. The van der Waals surface area contributed by atoms with Gasteiger partial charge in [0.1, 0.15) is 5.15 Å². The van der Waals surface area contributed by atoms with Crippen LogP contribution in [0.25, 0.3) is 0 Å². The number of rotatable bonds is 4. The van der Waals surface area contributed by atoms with Crippen molar-refractivity contribution in [2.75, 3.05) is 0 Å². The highest BCUT2D eigenvalue weighted by atomic mass is 35.5. The third-order valence-electron chi connectivity index (χ3n) is 3.74. The molecule has 0 radical (unpaired) electrons. The average molecular weight is 269 g/mol. The van der Waals surface area contributed by atoms with Crippen LogP contribution in [0.3, 0.4) is 0 Å². The molecule has 1 saturated carbocycles. The van der Waals surface area contributed by atoms with Crippen molar-refractivity contribution in [3.63, 3.8) is 0 Å². The van der Waals surface area contributed by atoms with Crippen molar-refractivity contribution in [3.8, 4) is 0 Å². The molecule has 1 aliphatic rings. The van der Waals surface area contributed by atoms with Crippen LogP contribution in [0.2, 0.25) is 5.15 Å². The lowest BCUT2D eigenvalue weighted by molar-refractivity contribution is 0.112. The van der Waals surface area contributed by atoms with E-state index in [0.717, 1.165) is 37.7 Å². The highest BCUT2D eigenvalue weighted by Crippen LogP contribution is 2.31. The van der Waals surface area contributed by atoms with Gasteiger partial charge in [0.15, 0.2) is 6.29 Å². The minimum Gasteiger partial charge on any atom is -0.298 e. The summed E-state index contributed by atoms with van der Waals surface area (Å²) in [5.41, 5.74) is 1.46. The number of nitrogens with zero attached hydrogens (tertiary/aromatic N) is 2. The highest BCUT2D eigenvalue weighted by Gasteiger charge is 2.22. The molecule has 0 spiro atoms. The quantitative estimate of drug-likeness (QED) is 0.606. The van der Waals surface area contributed by atoms with Gasteiger partial charge in [-0.1, -0.05) is 50.6 Å². The number of aromatic nitrogens is 2. The van der Waals surface area contributed by atoms with Gasteiger partial charge < -0.3 is 0 Å². The lowest BCUT2D eigenvalue weighted by atomic mass is 10.1. The van der Waals surface area contributed by atoms with E-state index in [1.807, 2.05) is 4.68 Å². The van der Waals surface area contributed by atoms with Gasteiger partial charge in [0, 0.05) is 0 Å². The summed E-state index contributed by atoms with van der Waals surface area (Å²) in [6.07, 6.45) is 10.0. The van der Waals surface area contributed by atoms with Crippen molar-refractivity contribution in [1.29, 1.82) is 0 Å². The van der Waals surface area contributed by atoms with Crippen LogP contribution < -0.4 is 0 Å². The minimum absolute atomic E-state index is 0.379. The minimum atomic E-state index is 0.379.